The van der Waals surface area contributed by atoms with E-state index in [1.54, 1.807) is 6.07 Å². The van der Waals surface area contributed by atoms with E-state index < -0.39 is 21.3 Å². The van der Waals surface area contributed by atoms with Crippen LogP contribution < -0.4 is 0 Å². The summed E-state index contributed by atoms with van der Waals surface area (Å²) >= 11 is 0. The quantitative estimate of drug-likeness (QED) is 0.723. The molecule has 1 rings (SSSR count). The molecule has 0 N–H and O–H groups in total. The highest BCUT2D eigenvalue weighted by Crippen LogP contribution is 2.29. The lowest BCUT2D eigenvalue weighted by Gasteiger charge is -2.16. The SMILES string of the molecule is CO[Si](OC)OC(C)CCc1cccc(C(F)(F)F)c1. The van der Waals surface area contributed by atoms with Gasteiger partial charge in [-0.05, 0) is 31.4 Å². The van der Waals surface area contributed by atoms with Gasteiger partial charge in [0.15, 0.2) is 0 Å². The second kappa shape index (κ2) is 7.77. The third-order valence-corrected chi connectivity index (χ3v) is 3.99. The van der Waals surface area contributed by atoms with Gasteiger partial charge in [0.25, 0.3) is 0 Å². The van der Waals surface area contributed by atoms with Gasteiger partial charge in [-0.2, -0.15) is 13.2 Å². The molecule has 1 aromatic carbocycles. The third-order valence-electron chi connectivity index (χ3n) is 2.72. The molecule has 20 heavy (non-hydrogen) atoms. The molecule has 0 heterocycles. The average Bonchev–Trinajstić information content (AvgIpc) is 2.42. The van der Waals surface area contributed by atoms with Crippen molar-refractivity contribution in [2.45, 2.75) is 32.0 Å². The zero-order chi connectivity index (χ0) is 15.2. The van der Waals surface area contributed by atoms with Gasteiger partial charge >= 0.3 is 15.7 Å². The monoisotopic (exact) mass is 307 g/mol. The largest absolute Gasteiger partial charge is 0.577 e. The molecule has 0 aliphatic rings. The maximum Gasteiger partial charge on any atom is 0.577 e. The van der Waals surface area contributed by atoms with Crippen LogP contribution in [0, 0.1) is 0 Å². The zero-order valence-electron chi connectivity index (χ0n) is 11.7. The number of benzene rings is 1. The summed E-state index contributed by atoms with van der Waals surface area (Å²) < 4.78 is 53.2. The standard InChI is InChI=1S/C13H18F3O3Si/c1-10(19-20(17-2)18-3)7-8-11-5-4-6-12(9-11)13(14,15)16/h4-6,9-10H,7-8H2,1-3H3. The van der Waals surface area contributed by atoms with Gasteiger partial charge in [0.2, 0.25) is 0 Å². The Kier molecular flexibility index (Phi) is 6.67. The normalized spacial score (nSPS) is 13.8. The van der Waals surface area contributed by atoms with E-state index in [9.17, 15) is 13.2 Å². The first-order chi connectivity index (χ1) is 9.36. The number of aryl methyl sites for hydroxylation is 1. The molecular formula is C13H18F3O3Si. The van der Waals surface area contributed by atoms with Crippen LogP contribution in [0.1, 0.15) is 24.5 Å². The van der Waals surface area contributed by atoms with Gasteiger partial charge < -0.3 is 13.3 Å². The average molecular weight is 307 g/mol. The molecule has 0 aromatic heterocycles. The summed E-state index contributed by atoms with van der Waals surface area (Å²) in [5.41, 5.74) is 0.0148. The smallest absolute Gasteiger partial charge is 0.375 e. The zero-order valence-corrected chi connectivity index (χ0v) is 12.7. The Morgan fingerprint density at radius 2 is 1.85 bits per heavy atom. The summed E-state index contributed by atoms with van der Waals surface area (Å²) in [6, 6.07) is 5.34. The van der Waals surface area contributed by atoms with Crippen molar-refractivity contribution in [3.8, 4) is 0 Å². The lowest BCUT2D eigenvalue weighted by molar-refractivity contribution is -0.137. The minimum absolute atomic E-state index is 0.140. The van der Waals surface area contributed by atoms with E-state index in [0.717, 1.165) is 6.07 Å². The van der Waals surface area contributed by atoms with Crippen molar-refractivity contribution in [1.82, 2.24) is 0 Å². The van der Waals surface area contributed by atoms with Crippen LogP contribution in [-0.2, 0) is 25.9 Å². The minimum atomic E-state index is -4.31. The molecule has 0 amide bonds. The van der Waals surface area contributed by atoms with E-state index in [2.05, 4.69) is 0 Å². The predicted molar refractivity (Wildman–Crippen MR) is 70.1 cm³/mol. The molecule has 0 aliphatic carbocycles. The first-order valence-corrected chi connectivity index (χ1v) is 7.37. The van der Waals surface area contributed by atoms with Gasteiger partial charge in [-0.15, -0.1) is 0 Å². The highest BCUT2D eigenvalue weighted by molar-refractivity contribution is 6.36. The summed E-state index contributed by atoms with van der Waals surface area (Å²) in [4.78, 5) is 0. The van der Waals surface area contributed by atoms with E-state index in [1.807, 2.05) is 6.92 Å². The van der Waals surface area contributed by atoms with Crippen LogP contribution in [0.4, 0.5) is 13.2 Å². The second-order valence-corrected chi connectivity index (χ2v) is 5.88. The number of alkyl halides is 3. The van der Waals surface area contributed by atoms with Crippen molar-refractivity contribution in [2.24, 2.45) is 0 Å². The van der Waals surface area contributed by atoms with Crippen LogP contribution in [-0.4, -0.2) is 29.9 Å². The maximum atomic E-state index is 12.6. The molecule has 0 saturated heterocycles. The van der Waals surface area contributed by atoms with Crippen LogP contribution in [0.5, 0.6) is 0 Å². The second-order valence-electron chi connectivity index (χ2n) is 4.32. The number of halogens is 3. The Morgan fingerprint density at radius 1 is 1.20 bits per heavy atom. The summed E-state index contributed by atoms with van der Waals surface area (Å²) in [6.07, 6.45) is -3.34. The van der Waals surface area contributed by atoms with E-state index in [4.69, 9.17) is 13.3 Å². The van der Waals surface area contributed by atoms with E-state index in [0.29, 0.717) is 18.4 Å². The van der Waals surface area contributed by atoms with Crippen LogP contribution in [0.3, 0.4) is 0 Å². The first kappa shape index (κ1) is 17.2. The maximum absolute atomic E-state index is 12.6. The molecule has 1 unspecified atom stereocenters. The summed E-state index contributed by atoms with van der Waals surface area (Å²) in [5.74, 6) is 0. The van der Waals surface area contributed by atoms with Crippen molar-refractivity contribution in [2.75, 3.05) is 14.2 Å². The molecule has 7 heteroatoms. The fourth-order valence-corrected chi connectivity index (χ4v) is 2.48. The first-order valence-electron chi connectivity index (χ1n) is 6.14. The van der Waals surface area contributed by atoms with Gasteiger partial charge in [0.1, 0.15) is 0 Å². The topological polar surface area (TPSA) is 27.7 Å². The number of hydrogen-bond donors (Lipinski definition) is 0. The molecule has 1 radical (unpaired) electrons. The minimum Gasteiger partial charge on any atom is -0.375 e. The van der Waals surface area contributed by atoms with Gasteiger partial charge in [0, 0.05) is 20.3 Å². The van der Waals surface area contributed by atoms with E-state index in [1.165, 1.54) is 26.4 Å². The molecule has 3 nitrogen and oxygen atoms in total. The Balaban J connectivity index is 2.53. The highest BCUT2D eigenvalue weighted by atomic mass is 28.3. The van der Waals surface area contributed by atoms with Crippen molar-refractivity contribution in [3.63, 3.8) is 0 Å². The van der Waals surface area contributed by atoms with E-state index >= 15 is 0 Å². The lowest BCUT2D eigenvalue weighted by atomic mass is 10.0. The molecule has 0 bridgehead atoms. The van der Waals surface area contributed by atoms with Gasteiger partial charge in [0.05, 0.1) is 5.56 Å². The predicted octanol–water partition coefficient (Wildman–Crippen LogP) is 3.32. The molecule has 113 valence electrons. The summed E-state index contributed by atoms with van der Waals surface area (Å²) in [5, 5.41) is 0. The summed E-state index contributed by atoms with van der Waals surface area (Å²) in [7, 11) is 1.26. The van der Waals surface area contributed by atoms with E-state index in [-0.39, 0.29) is 6.10 Å². The fraction of sp³-hybridized carbons (Fsp3) is 0.538. The lowest BCUT2D eigenvalue weighted by Crippen LogP contribution is -2.28. The third kappa shape index (κ3) is 5.62. The van der Waals surface area contributed by atoms with Crippen LogP contribution in [0.15, 0.2) is 24.3 Å². The molecule has 0 aliphatic heterocycles. The van der Waals surface area contributed by atoms with Crippen molar-refractivity contribution >= 4 is 9.53 Å². The van der Waals surface area contributed by atoms with Gasteiger partial charge in [-0.25, -0.2) is 0 Å². The Morgan fingerprint density at radius 3 is 2.40 bits per heavy atom. The van der Waals surface area contributed by atoms with Crippen molar-refractivity contribution in [3.05, 3.63) is 35.4 Å². The molecule has 1 aromatic rings. The molecule has 0 fully saturated rings. The number of hydrogen-bond acceptors (Lipinski definition) is 3. The van der Waals surface area contributed by atoms with Crippen LogP contribution >= 0.6 is 0 Å². The fourth-order valence-electron chi connectivity index (χ4n) is 1.68. The Bertz CT molecular complexity index is 408. The van der Waals surface area contributed by atoms with Crippen molar-refractivity contribution < 1.29 is 26.4 Å². The Labute approximate surface area is 118 Å². The van der Waals surface area contributed by atoms with Crippen LogP contribution in [0.25, 0.3) is 0 Å². The van der Waals surface area contributed by atoms with Gasteiger partial charge in [-0.1, -0.05) is 18.2 Å². The molecule has 0 spiro atoms. The summed E-state index contributed by atoms with van der Waals surface area (Å²) in [6.45, 7) is 1.84. The molecule has 1 atom stereocenters. The van der Waals surface area contributed by atoms with Gasteiger partial charge in [-0.3, -0.25) is 0 Å². The van der Waals surface area contributed by atoms with Crippen LogP contribution in [0.2, 0.25) is 0 Å². The highest BCUT2D eigenvalue weighted by Gasteiger charge is 2.30. The molecular weight excluding hydrogens is 289 g/mol. The molecule has 0 saturated carbocycles. The van der Waals surface area contributed by atoms with Crippen molar-refractivity contribution in [1.29, 1.82) is 0 Å². The number of rotatable bonds is 7. The Hall–Kier alpha value is -0.893.